The molecule has 0 saturated carbocycles. The summed E-state index contributed by atoms with van der Waals surface area (Å²) in [5.41, 5.74) is 3.48. The number of esters is 1. The van der Waals surface area contributed by atoms with Crippen LogP contribution >= 0.6 is 0 Å². The number of ether oxygens (including phenoxy) is 1. The van der Waals surface area contributed by atoms with Crippen molar-refractivity contribution in [2.24, 2.45) is 0 Å². The number of carbonyl (C=O) groups excluding carboxylic acids is 1. The van der Waals surface area contributed by atoms with Gasteiger partial charge in [-0.1, -0.05) is 24.3 Å². The summed E-state index contributed by atoms with van der Waals surface area (Å²) in [4.78, 5) is 19.3. The largest absolute Gasteiger partial charge is 0.463 e. The molecular formula is C23H20FN5O2. The van der Waals surface area contributed by atoms with Crippen LogP contribution in [0.2, 0.25) is 0 Å². The van der Waals surface area contributed by atoms with Crippen molar-refractivity contribution in [1.29, 1.82) is 5.26 Å². The fourth-order valence-electron chi connectivity index (χ4n) is 3.78. The number of anilines is 2. The number of alkyl halides is 1. The molecule has 2 aromatic carbocycles. The molecule has 0 bridgehead atoms. The number of allylic oxidation sites excluding steroid dienone is 1. The van der Waals surface area contributed by atoms with Crippen LogP contribution in [0.1, 0.15) is 36.6 Å². The summed E-state index contributed by atoms with van der Waals surface area (Å²) >= 11 is 0. The number of nitriles is 1. The van der Waals surface area contributed by atoms with E-state index in [0.717, 1.165) is 5.56 Å². The topological polar surface area (TPSA) is 84.0 Å². The molecule has 0 aliphatic carbocycles. The lowest BCUT2D eigenvalue weighted by Crippen LogP contribution is -2.34. The van der Waals surface area contributed by atoms with Crippen LogP contribution in [0.3, 0.4) is 0 Å². The molecule has 1 aliphatic rings. The highest BCUT2D eigenvalue weighted by atomic mass is 19.1. The summed E-state index contributed by atoms with van der Waals surface area (Å²) in [6.07, 6.45) is 1.42. The van der Waals surface area contributed by atoms with Gasteiger partial charge in [-0.25, -0.2) is 13.9 Å². The van der Waals surface area contributed by atoms with E-state index in [9.17, 15) is 9.18 Å². The maximum atomic E-state index is 13.3. The predicted molar refractivity (Wildman–Crippen MR) is 112 cm³/mol. The molecule has 0 spiro atoms. The second kappa shape index (κ2) is 8.40. The number of fused-ring (bicyclic) bond motifs is 1. The Balaban J connectivity index is 1.93. The zero-order chi connectivity index (χ0) is 22.0. The first kappa shape index (κ1) is 20.3. The van der Waals surface area contributed by atoms with Gasteiger partial charge in [-0.15, -0.1) is 0 Å². The Labute approximate surface area is 179 Å². The lowest BCUT2D eigenvalue weighted by atomic mass is 9.94. The van der Waals surface area contributed by atoms with E-state index in [0.29, 0.717) is 34.0 Å². The highest BCUT2D eigenvalue weighted by molar-refractivity contribution is 5.93. The molecule has 0 amide bonds. The standard InChI is InChI=1S/C23H20FN5O2/c1-3-31-22(30)20-15(2)28(19-6-4-5-17(11-19)12-24)23-26-14-27-29(23)21(20)18-9-7-16(13-25)8-10-18/h4-11,14,21H,3,12H2,1-2H3. The molecule has 0 saturated heterocycles. The molecule has 156 valence electrons. The monoisotopic (exact) mass is 417 g/mol. The molecule has 1 aliphatic heterocycles. The Morgan fingerprint density at radius 2 is 2.03 bits per heavy atom. The van der Waals surface area contributed by atoms with E-state index < -0.39 is 18.7 Å². The highest BCUT2D eigenvalue weighted by Gasteiger charge is 2.38. The Kier molecular flexibility index (Phi) is 5.50. The van der Waals surface area contributed by atoms with Crippen molar-refractivity contribution < 1.29 is 13.9 Å². The van der Waals surface area contributed by atoms with Crippen molar-refractivity contribution in [3.63, 3.8) is 0 Å². The molecule has 0 N–H and O–H groups in total. The molecule has 31 heavy (non-hydrogen) atoms. The molecule has 3 aromatic rings. The maximum absolute atomic E-state index is 13.3. The van der Waals surface area contributed by atoms with E-state index in [4.69, 9.17) is 10.00 Å². The highest BCUT2D eigenvalue weighted by Crippen LogP contribution is 2.42. The molecule has 7 nitrogen and oxygen atoms in total. The molecule has 2 heterocycles. The average molecular weight is 417 g/mol. The third kappa shape index (κ3) is 3.55. The summed E-state index contributed by atoms with van der Waals surface area (Å²) in [5.74, 6) is 0.0260. The minimum atomic E-state index is -0.601. The second-order valence-electron chi connectivity index (χ2n) is 7.00. The smallest absolute Gasteiger partial charge is 0.338 e. The van der Waals surface area contributed by atoms with E-state index in [1.54, 1.807) is 59.0 Å². The van der Waals surface area contributed by atoms with Crippen LogP contribution in [0.4, 0.5) is 16.0 Å². The van der Waals surface area contributed by atoms with Crippen molar-refractivity contribution in [2.45, 2.75) is 26.6 Å². The number of hydrogen-bond donors (Lipinski definition) is 0. The first-order valence-corrected chi connectivity index (χ1v) is 9.81. The van der Waals surface area contributed by atoms with Gasteiger partial charge < -0.3 is 4.74 Å². The van der Waals surface area contributed by atoms with Crippen LogP contribution in [-0.4, -0.2) is 27.3 Å². The average Bonchev–Trinajstić information content (AvgIpc) is 3.27. The van der Waals surface area contributed by atoms with E-state index in [-0.39, 0.29) is 6.61 Å². The van der Waals surface area contributed by atoms with Gasteiger partial charge >= 0.3 is 5.97 Å². The van der Waals surface area contributed by atoms with Crippen LogP contribution in [0.15, 0.2) is 66.1 Å². The summed E-state index contributed by atoms with van der Waals surface area (Å²) in [6, 6.07) is 15.5. The lowest BCUT2D eigenvalue weighted by Gasteiger charge is -2.35. The molecule has 8 heteroatoms. The Morgan fingerprint density at radius 1 is 1.26 bits per heavy atom. The van der Waals surface area contributed by atoms with Crippen molar-refractivity contribution >= 4 is 17.6 Å². The second-order valence-corrected chi connectivity index (χ2v) is 7.00. The molecule has 0 radical (unpaired) electrons. The van der Waals surface area contributed by atoms with E-state index >= 15 is 0 Å². The first-order chi connectivity index (χ1) is 15.1. The third-order valence-electron chi connectivity index (χ3n) is 5.17. The van der Waals surface area contributed by atoms with Crippen LogP contribution in [0.25, 0.3) is 0 Å². The fourth-order valence-corrected chi connectivity index (χ4v) is 3.78. The van der Waals surface area contributed by atoms with Crippen molar-refractivity contribution in [3.8, 4) is 6.07 Å². The van der Waals surface area contributed by atoms with Gasteiger partial charge in [0, 0.05) is 11.4 Å². The minimum Gasteiger partial charge on any atom is -0.463 e. The van der Waals surface area contributed by atoms with Crippen LogP contribution < -0.4 is 4.90 Å². The third-order valence-corrected chi connectivity index (χ3v) is 5.17. The number of aromatic nitrogens is 3. The van der Waals surface area contributed by atoms with Crippen molar-refractivity contribution in [1.82, 2.24) is 14.8 Å². The van der Waals surface area contributed by atoms with Gasteiger partial charge in [0.15, 0.2) is 0 Å². The van der Waals surface area contributed by atoms with Crippen molar-refractivity contribution in [3.05, 3.63) is 82.8 Å². The van der Waals surface area contributed by atoms with Gasteiger partial charge in [-0.2, -0.15) is 15.3 Å². The number of hydrogen-bond acceptors (Lipinski definition) is 6. The van der Waals surface area contributed by atoms with E-state index in [2.05, 4.69) is 16.2 Å². The number of halogens is 1. The molecule has 1 unspecified atom stereocenters. The molecule has 1 atom stereocenters. The number of carbonyl (C=O) groups is 1. The van der Waals surface area contributed by atoms with Crippen LogP contribution in [0.5, 0.6) is 0 Å². The van der Waals surface area contributed by atoms with Gasteiger partial charge in [0.1, 0.15) is 19.0 Å². The molecule has 0 fully saturated rings. The van der Waals surface area contributed by atoms with Gasteiger partial charge in [0.2, 0.25) is 5.95 Å². The number of nitrogens with zero attached hydrogens (tertiary/aromatic N) is 5. The Bertz CT molecular complexity index is 1190. The SMILES string of the molecule is CCOC(=O)C1=C(C)N(c2cccc(CF)c2)c2ncnn2C1c1ccc(C#N)cc1. The summed E-state index contributed by atoms with van der Waals surface area (Å²) in [7, 11) is 0. The maximum Gasteiger partial charge on any atom is 0.338 e. The number of rotatable bonds is 5. The molecular weight excluding hydrogens is 397 g/mol. The molecule has 1 aromatic heterocycles. The van der Waals surface area contributed by atoms with Gasteiger partial charge in [0.25, 0.3) is 0 Å². The van der Waals surface area contributed by atoms with Gasteiger partial charge in [-0.3, -0.25) is 4.90 Å². The fraction of sp³-hybridized carbons (Fsp3) is 0.217. The minimum absolute atomic E-state index is 0.219. The van der Waals surface area contributed by atoms with E-state index in [1.807, 2.05) is 13.0 Å². The van der Waals surface area contributed by atoms with Gasteiger partial charge in [-0.05, 0) is 49.2 Å². The van der Waals surface area contributed by atoms with Gasteiger partial charge in [0.05, 0.1) is 23.8 Å². The zero-order valence-corrected chi connectivity index (χ0v) is 17.1. The Morgan fingerprint density at radius 3 is 2.71 bits per heavy atom. The van der Waals surface area contributed by atoms with Crippen molar-refractivity contribution in [2.75, 3.05) is 11.5 Å². The normalized spacial score (nSPS) is 15.4. The van der Waals surface area contributed by atoms with Crippen LogP contribution in [0, 0.1) is 11.3 Å². The van der Waals surface area contributed by atoms with Crippen LogP contribution in [-0.2, 0) is 16.2 Å². The summed E-state index contributed by atoms with van der Waals surface area (Å²) in [5, 5.41) is 13.5. The quantitative estimate of drug-likeness (QED) is 0.579. The molecule has 4 rings (SSSR count). The zero-order valence-electron chi connectivity index (χ0n) is 17.1. The Hall–Kier alpha value is -3.99. The summed E-state index contributed by atoms with van der Waals surface area (Å²) in [6.45, 7) is 3.17. The number of benzene rings is 2. The first-order valence-electron chi connectivity index (χ1n) is 9.81. The predicted octanol–water partition coefficient (Wildman–Crippen LogP) is 4.20. The summed E-state index contributed by atoms with van der Waals surface area (Å²) < 4.78 is 20.3. The lowest BCUT2D eigenvalue weighted by molar-refractivity contribution is -0.139. The van der Waals surface area contributed by atoms with E-state index in [1.165, 1.54) is 6.33 Å².